The summed E-state index contributed by atoms with van der Waals surface area (Å²) in [5, 5.41) is 0.497. The van der Waals surface area contributed by atoms with E-state index in [9.17, 15) is 9.59 Å². The van der Waals surface area contributed by atoms with Crippen LogP contribution in [-0.2, 0) is 20.9 Å². The Bertz CT molecular complexity index is 765. The number of para-hydroxylation sites is 1. The van der Waals surface area contributed by atoms with Crippen LogP contribution in [0.5, 0.6) is 0 Å². The number of fused-ring (bicyclic) bond motifs is 1. The summed E-state index contributed by atoms with van der Waals surface area (Å²) in [4.78, 5) is 33.8. The fraction of sp³-hybridized carbons (Fsp3) is 0.438. The molecular weight excluding hydrogens is 298 g/mol. The molecule has 2 heterocycles. The molecule has 1 aliphatic rings. The number of nitrogens with one attached hydrogen (secondary N) is 1. The first-order valence-corrected chi connectivity index (χ1v) is 7.66. The summed E-state index contributed by atoms with van der Waals surface area (Å²) in [6.07, 6.45) is 3.73. The van der Waals surface area contributed by atoms with Gasteiger partial charge in [0.2, 0.25) is 0 Å². The Hall–Kier alpha value is -2.25. The molecular formula is C16H19N3O4. The van der Waals surface area contributed by atoms with Crippen LogP contribution >= 0.6 is 0 Å². The third-order valence-electron chi connectivity index (χ3n) is 3.81. The minimum atomic E-state index is -0.421. The minimum absolute atomic E-state index is 0.150. The van der Waals surface area contributed by atoms with Gasteiger partial charge in [0.25, 0.3) is 11.5 Å². The van der Waals surface area contributed by atoms with Crippen molar-refractivity contribution in [3.63, 3.8) is 0 Å². The van der Waals surface area contributed by atoms with Gasteiger partial charge in [-0.1, -0.05) is 12.1 Å². The molecule has 1 saturated heterocycles. The molecule has 0 radical (unpaired) electrons. The van der Waals surface area contributed by atoms with E-state index < -0.39 is 12.2 Å². The molecule has 1 atom stereocenters. The lowest BCUT2D eigenvalue weighted by Crippen LogP contribution is -2.36. The molecule has 2 aromatic rings. The standard InChI is InChI=1S/C16H19N3O4/c1-11-5-4-6-12-15(11)17-10-19(16(12)21)9-13(20)18-23-14-7-2-3-8-22-14/h4-6,10,14H,2-3,7-9H2,1H3,(H,18,20). The number of nitrogens with zero attached hydrogens (tertiary/aromatic N) is 2. The Morgan fingerprint density at radius 1 is 1.48 bits per heavy atom. The average Bonchev–Trinajstić information content (AvgIpc) is 2.57. The maximum Gasteiger partial charge on any atom is 0.263 e. The highest BCUT2D eigenvalue weighted by Crippen LogP contribution is 2.13. The number of hydrogen-bond acceptors (Lipinski definition) is 5. The van der Waals surface area contributed by atoms with Gasteiger partial charge in [-0.2, -0.15) is 0 Å². The number of benzene rings is 1. The number of aromatic nitrogens is 2. The Labute approximate surface area is 133 Å². The minimum Gasteiger partial charge on any atom is -0.350 e. The lowest BCUT2D eigenvalue weighted by Gasteiger charge is -2.22. The van der Waals surface area contributed by atoms with E-state index in [1.54, 1.807) is 12.1 Å². The number of hydrogen-bond donors (Lipinski definition) is 1. The molecule has 1 unspecified atom stereocenters. The van der Waals surface area contributed by atoms with Crippen LogP contribution in [0.25, 0.3) is 10.9 Å². The molecule has 0 saturated carbocycles. The fourth-order valence-electron chi connectivity index (χ4n) is 2.57. The Morgan fingerprint density at radius 3 is 3.13 bits per heavy atom. The first-order valence-electron chi connectivity index (χ1n) is 7.66. The van der Waals surface area contributed by atoms with Crippen LogP contribution in [0.3, 0.4) is 0 Å². The van der Waals surface area contributed by atoms with Crippen LogP contribution < -0.4 is 11.0 Å². The van der Waals surface area contributed by atoms with Crippen molar-refractivity contribution in [3.8, 4) is 0 Å². The predicted molar refractivity (Wildman–Crippen MR) is 83.6 cm³/mol. The number of rotatable bonds is 4. The smallest absolute Gasteiger partial charge is 0.263 e. The molecule has 1 aliphatic heterocycles. The summed E-state index contributed by atoms with van der Waals surface area (Å²) in [5.74, 6) is -0.421. The van der Waals surface area contributed by atoms with Crippen molar-refractivity contribution in [2.45, 2.75) is 39.0 Å². The lowest BCUT2D eigenvalue weighted by atomic mass is 10.1. The zero-order valence-electron chi connectivity index (χ0n) is 12.9. The highest BCUT2D eigenvalue weighted by molar-refractivity contribution is 5.81. The number of carbonyl (C=O) groups excluding carboxylic acids is 1. The van der Waals surface area contributed by atoms with Crippen molar-refractivity contribution < 1.29 is 14.4 Å². The van der Waals surface area contributed by atoms with E-state index in [2.05, 4.69) is 10.5 Å². The summed E-state index contributed by atoms with van der Waals surface area (Å²) in [6, 6.07) is 5.40. The summed E-state index contributed by atoms with van der Waals surface area (Å²) in [6.45, 7) is 2.38. The fourth-order valence-corrected chi connectivity index (χ4v) is 2.57. The average molecular weight is 317 g/mol. The number of aryl methyl sites for hydroxylation is 1. The number of hydroxylamine groups is 1. The topological polar surface area (TPSA) is 82.5 Å². The first kappa shape index (κ1) is 15.6. The second-order valence-corrected chi connectivity index (χ2v) is 5.59. The SMILES string of the molecule is Cc1cccc2c(=O)n(CC(=O)NOC3CCCCO3)cnc12. The monoisotopic (exact) mass is 317 g/mol. The van der Waals surface area contributed by atoms with Crippen LogP contribution in [-0.4, -0.2) is 28.4 Å². The Kier molecular flexibility index (Phi) is 4.68. The third-order valence-corrected chi connectivity index (χ3v) is 3.81. The molecule has 1 aromatic carbocycles. The van der Waals surface area contributed by atoms with E-state index >= 15 is 0 Å². The molecule has 1 aromatic heterocycles. The van der Waals surface area contributed by atoms with E-state index in [1.807, 2.05) is 13.0 Å². The van der Waals surface area contributed by atoms with Gasteiger partial charge in [0.15, 0.2) is 6.29 Å². The van der Waals surface area contributed by atoms with Gasteiger partial charge in [-0.05, 0) is 31.4 Å². The van der Waals surface area contributed by atoms with E-state index in [-0.39, 0.29) is 12.1 Å². The van der Waals surface area contributed by atoms with Crippen molar-refractivity contribution in [3.05, 3.63) is 40.4 Å². The highest BCUT2D eigenvalue weighted by atomic mass is 16.8. The number of ether oxygens (including phenoxy) is 1. The van der Waals surface area contributed by atoms with Gasteiger partial charge in [0.1, 0.15) is 6.54 Å². The molecule has 7 nitrogen and oxygen atoms in total. The molecule has 1 amide bonds. The zero-order chi connectivity index (χ0) is 16.2. The summed E-state index contributed by atoms with van der Waals surface area (Å²) in [5.41, 5.74) is 3.67. The van der Waals surface area contributed by atoms with Crippen molar-refractivity contribution in [1.29, 1.82) is 0 Å². The van der Waals surface area contributed by atoms with Crippen LogP contribution in [0.15, 0.2) is 29.3 Å². The molecule has 122 valence electrons. The van der Waals surface area contributed by atoms with Crippen molar-refractivity contribution in [2.75, 3.05) is 6.61 Å². The van der Waals surface area contributed by atoms with Gasteiger partial charge in [0, 0.05) is 13.0 Å². The second kappa shape index (κ2) is 6.89. The molecule has 3 rings (SSSR count). The number of carbonyl (C=O) groups is 1. The van der Waals surface area contributed by atoms with E-state index in [1.165, 1.54) is 10.9 Å². The lowest BCUT2D eigenvalue weighted by molar-refractivity contribution is -0.200. The molecule has 1 fully saturated rings. The van der Waals surface area contributed by atoms with Gasteiger partial charge in [-0.3, -0.25) is 14.2 Å². The summed E-state index contributed by atoms with van der Waals surface area (Å²) < 4.78 is 6.62. The summed E-state index contributed by atoms with van der Waals surface area (Å²) >= 11 is 0. The number of amides is 1. The van der Waals surface area contributed by atoms with E-state index in [4.69, 9.17) is 9.57 Å². The third kappa shape index (κ3) is 3.57. The zero-order valence-corrected chi connectivity index (χ0v) is 12.9. The van der Waals surface area contributed by atoms with Crippen LogP contribution in [0.2, 0.25) is 0 Å². The van der Waals surface area contributed by atoms with Crippen LogP contribution in [0, 0.1) is 6.92 Å². The molecule has 23 heavy (non-hydrogen) atoms. The van der Waals surface area contributed by atoms with Crippen molar-refractivity contribution >= 4 is 16.8 Å². The molecule has 1 N–H and O–H groups in total. The van der Waals surface area contributed by atoms with Crippen molar-refractivity contribution in [1.82, 2.24) is 15.0 Å². The van der Waals surface area contributed by atoms with Gasteiger partial charge in [0.05, 0.1) is 17.2 Å². The normalized spacial score (nSPS) is 18.0. The maximum atomic E-state index is 12.4. The Morgan fingerprint density at radius 2 is 2.35 bits per heavy atom. The highest BCUT2D eigenvalue weighted by Gasteiger charge is 2.16. The van der Waals surface area contributed by atoms with Gasteiger partial charge < -0.3 is 4.74 Å². The van der Waals surface area contributed by atoms with Crippen LogP contribution in [0.4, 0.5) is 0 Å². The predicted octanol–water partition coefficient (Wildman–Crippen LogP) is 1.28. The molecule has 0 bridgehead atoms. The Balaban J connectivity index is 1.67. The van der Waals surface area contributed by atoms with Crippen LogP contribution in [0.1, 0.15) is 24.8 Å². The van der Waals surface area contributed by atoms with Gasteiger partial charge >= 0.3 is 0 Å². The first-order chi connectivity index (χ1) is 11.1. The van der Waals surface area contributed by atoms with Gasteiger partial charge in [-0.25, -0.2) is 15.3 Å². The van der Waals surface area contributed by atoms with E-state index in [0.29, 0.717) is 17.5 Å². The molecule has 0 spiro atoms. The van der Waals surface area contributed by atoms with E-state index in [0.717, 1.165) is 24.8 Å². The molecule has 7 heteroatoms. The molecule has 0 aliphatic carbocycles. The van der Waals surface area contributed by atoms with Crippen molar-refractivity contribution in [2.24, 2.45) is 0 Å². The summed E-state index contributed by atoms with van der Waals surface area (Å²) in [7, 11) is 0. The maximum absolute atomic E-state index is 12.4. The largest absolute Gasteiger partial charge is 0.350 e. The quantitative estimate of drug-likeness (QED) is 0.859. The second-order valence-electron chi connectivity index (χ2n) is 5.59. The van der Waals surface area contributed by atoms with Gasteiger partial charge in [-0.15, -0.1) is 0 Å².